The van der Waals surface area contributed by atoms with Gasteiger partial charge in [0.05, 0.1) is 6.61 Å². The van der Waals surface area contributed by atoms with Crippen LogP contribution in [0.4, 0.5) is 4.79 Å². The molecule has 2 amide bonds. The Bertz CT molecular complexity index is 246. The second-order valence-electron chi connectivity index (χ2n) is 5.29. The lowest BCUT2D eigenvalue weighted by Crippen LogP contribution is -2.45. The van der Waals surface area contributed by atoms with Crippen LogP contribution in [0, 0.1) is 5.92 Å². The van der Waals surface area contributed by atoms with Crippen LogP contribution < -0.4 is 0 Å². The number of hydrogen-bond acceptors (Lipinski definition) is 2. The van der Waals surface area contributed by atoms with Crippen LogP contribution in [0.1, 0.15) is 32.1 Å². The van der Waals surface area contributed by atoms with Crippen molar-refractivity contribution in [2.24, 2.45) is 5.92 Å². The summed E-state index contributed by atoms with van der Waals surface area (Å²) < 4.78 is 5.46. The van der Waals surface area contributed by atoms with E-state index in [0.717, 1.165) is 52.1 Å². The molecule has 4 heteroatoms. The summed E-state index contributed by atoms with van der Waals surface area (Å²) in [5.41, 5.74) is 0. The van der Waals surface area contributed by atoms with Gasteiger partial charge in [0.25, 0.3) is 0 Å². The van der Waals surface area contributed by atoms with Crippen LogP contribution in [-0.2, 0) is 4.74 Å². The highest BCUT2D eigenvalue weighted by Gasteiger charge is 2.23. The van der Waals surface area contributed by atoms with Crippen molar-refractivity contribution in [1.82, 2.24) is 9.80 Å². The molecule has 0 bridgehead atoms. The van der Waals surface area contributed by atoms with Crippen LogP contribution in [-0.4, -0.2) is 55.7 Å². The van der Waals surface area contributed by atoms with Crippen LogP contribution in [0.2, 0.25) is 0 Å². The first-order valence-electron chi connectivity index (χ1n) is 6.85. The van der Waals surface area contributed by atoms with Crippen LogP contribution in [0.25, 0.3) is 0 Å². The maximum absolute atomic E-state index is 12.2. The van der Waals surface area contributed by atoms with E-state index in [1.54, 1.807) is 0 Å². The highest BCUT2D eigenvalue weighted by molar-refractivity contribution is 5.74. The molecule has 4 nitrogen and oxygen atoms in total. The molecule has 0 radical (unpaired) electrons. The lowest BCUT2D eigenvalue weighted by atomic mass is 10.0. The first-order valence-corrected chi connectivity index (χ1v) is 6.85. The van der Waals surface area contributed by atoms with E-state index in [0.29, 0.717) is 5.92 Å². The van der Waals surface area contributed by atoms with Crippen molar-refractivity contribution in [3.8, 4) is 0 Å². The summed E-state index contributed by atoms with van der Waals surface area (Å²) >= 11 is 0. The molecule has 17 heavy (non-hydrogen) atoms. The van der Waals surface area contributed by atoms with Gasteiger partial charge in [-0.05, 0) is 32.1 Å². The van der Waals surface area contributed by atoms with E-state index in [1.165, 1.54) is 12.8 Å². The molecule has 2 aliphatic heterocycles. The predicted octanol–water partition coefficient (Wildman–Crippen LogP) is 1.95. The second kappa shape index (κ2) is 6.24. The molecule has 1 unspecified atom stereocenters. The molecule has 0 aromatic heterocycles. The van der Waals surface area contributed by atoms with Gasteiger partial charge in [0.15, 0.2) is 0 Å². The first kappa shape index (κ1) is 12.7. The van der Waals surface area contributed by atoms with Gasteiger partial charge < -0.3 is 14.5 Å². The van der Waals surface area contributed by atoms with Gasteiger partial charge in [0, 0.05) is 39.2 Å². The average molecular weight is 240 g/mol. The summed E-state index contributed by atoms with van der Waals surface area (Å²) in [6, 6.07) is 0.204. The van der Waals surface area contributed by atoms with Gasteiger partial charge in [-0.1, -0.05) is 0 Å². The molecule has 0 aromatic rings. The molecule has 0 spiro atoms. The topological polar surface area (TPSA) is 32.8 Å². The minimum Gasteiger partial charge on any atom is -0.381 e. The van der Waals surface area contributed by atoms with Gasteiger partial charge >= 0.3 is 6.03 Å². The van der Waals surface area contributed by atoms with Gasteiger partial charge in [-0.15, -0.1) is 0 Å². The highest BCUT2D eigenvalue weighted by Crippen LogP contribution is 2.16. The molecule has 0 aromatic carbocycles. The van der Waals surface area contributed by atoms with Crippen LogP contribution in [0.3, 0.4) is 0 Å². The zero-order chi connectivity index (χ0) is 12.1. The molecule has 2 aliphatic rings. The third-order valence-corrected chi connectivity index (χ3v) is 3.74. The number of likely N-dealkylation sites (tertiary alicyclic amines) is 1. The summed E-state index contributed by atoms with van der Waals surface area (Å²) in [7, 11) is 1.92. The van der Waals surface area contributed by atoms with Gasteiger partial charge in [-0.25, -0.2) is 4.79 Å². The summed E-state index contributed by atoms with van der Waals surface area (Å²) in [5.74, 6) is 0.530. The molecular formula is C13H24N2O2. The minimum absolute atomic E-state index is 0.204. The number of urea groups is 1. The number of carbonyl (C=O) groups excluding carboxylic acids is 1. The number of ether oxygens (including phenoxy) is 1. The van der Waals surface area contributed by atoms with E-state index < -0.39 is 0 Å². The molecule has 1 atom stereocenters. The number of amides is 2. The molecule has 0 aliphatic carbocycles. The fourth-order valence-corrected chi connectivity index (χ4v) is 2.74. The maximum atomic E-state index is 12.2. The van der Waals surface area contributed by atoms with E-state index in [4.69, 9.17) is 4.74 Å². The van der Waals surface area contributed by atoms with Gasteiger partial charge in [-0.3, -0.25) is 0 Å². The van der Waals surface area contributed by atoms with E-state index in [2.05, 4.69) is 0 Å². The molecule has 0 saturated carbocycles. The zero-order valence-electron chi connectivity index (χ0n) is 10.9. The van der Waals surface area contributed by atoms with Crippen LogP contribution in [0.15, 0.2) is 0 Å². The molecule has 2 rings (SSSR count). The number of hydrogen-bond donors (Lipinski definition) is 0. The van der Waals surface area contributed by atoms with Crippen molar-refractivity contribution >= 4 is 6.03 Å². The molecule has 98 valence electrons. The van der Waals surface area contributed by atoms with Gasteiger partial charge in [0.1, 0.15) is 0 Å². The molecule has 2 saturated heterocycles. The Morgan fingerprint density at radius 3 is 2.71 bits per heavy atom. The third kappa shape index (κ3) is 3.60. The molecule has 0 N–H and O–H groups in total. The normalized spacial score (nSPS) is 25.7. The minimum atomic E-state index is 0.204. The van der Waals surface area contributed by atoms with Gasteiger partial charge in [0.2, 0.25) is 0 Å². The maximum Gasteiger partial charge on any atom is 0.319 e. The van der Waals surface area contributed by atoms with E-state index in [-0.39, 0.29) is 6.03 Å². The van der Waals surface area contributed by atoms with Crippen LogP contribution in [0.5, 0.6) is 0 Å². The fraction of sp³-hybridized carbons (Fsp3) is 0.923. The highest BCUT2D eigenvalue weighted by atomic mass is 16.5. The molecule has 2 heterocycles. The Labute approximate surface area is 104 Å². The Hall–Kier alpha value is -0.770. The number of nitrogens with zero attached hydrogens (tertiary/aromatic N) is 2. The smallest absolute Gasteiger partial charge is 0.319 e. The standard InChI is InChI=1S/C13H24N2O2/c1-14(10-12-6-5-9-17-11-12)13(16)15-7-3-2-4-8-15/h12H,2-11H2,1H3. The number of piperidine rings is 1. The SMILES string of the molecule is CN(CC1CCCOC1)C(=O)N1CCCCC1. The van der Waals surface area contributed by atoms with E-state index in [9.17, 15) is 4.79 Å². The van der Waals surface area contributed by atoms with Crippen molar-refractivity contribution in [2.75, 3.05) is 39.9 Å². The van der Waals surface area contributed by atoms with E-state index in [1.807, 2.05) is 16.8 Å². The first-order chi connectivity index (χ1) is 8.27. The van der Waals surface area contributed by atoms with Crippen molar-refractivity contribution in [3.63, 3.8) is 0 Å². The Balaban J connectivity index is 1.77. The molecular weight excluding hydrogens is 216 g/mol. The summed E-state index contributed by atoms with van der Waals surface area (Å²) in [6.07, 6.45) is 5.91. The largest absolute Gasteiger partial charge is 0.381 e. The average Bonchev–Trinajstić information content (AvgIpc) is 2.40. The Kier molecular flexibility index (Phi) is 4.66. The third-order valence-electron chi connectivity index (χ3n) is 3.74. The Morgan fingerprint density at radius 2 is 2.06 bits per heavy atom. The molecule has 2 fully saturated rings. The van der Waals surface area contributed by atoms with E-state index >= 15 is 0 Å². The Morgan fingerprint density at radius 1 is 1.29 bits per heavy atom. The fourth-order valence-electron chi connectivity index (χ4n) is 2.74. The lowest BCUT2D eigenvalue weighted by Gasteiger charge is -2.33. The zero-order valence-corrected chi connectivity index (χ0v) is 10.9. The van der Waals surface area contributed by atoms with Crippen molar-refractivity contribution < 1.29 is 9.53 Å². The number of rotatable bonds is 2. The van der Waals surface area contributed by atoms with Gasteiger partial charge in [-0.2, -0.15) is 0 Å². The summed E-state index contributed by atoms with van der Waals surface area (Å²) in [4.78, 5) is 16.1. The summed E-state index contributed by atoms with van der Waals surface area (Å²) in [5, 5.41) is 0. The van der Waals surface area contributed by atoms with Crippen molar-refractivity contribution in [2.45, 2.75) is 32.1 Å². The van der Waals surface area contributed by atoms with Crippen molar-refractivity contribution in [3.05, 3.63) is 0 Å². The van der Waals surface area contributed by atoms with Crippen molar-refractivity contribution in [1.29, 1.82) is 0 Å². The second-order valence-corrected chi connectivity index (χ2v) is 5.29. The lowest BCUT2D eigenvalue weighted by molar-refractivity contribution is 0.0430. The summed E-state index contributed by atoms with van der Waals surface area (Å²) in [6.45, 7) is 4.42. The predicted molar refractivity (Wildman–Crippen MR) is 67.0 cm³/mol. The quantitative estimate of drug-likeness (QED) is 0.739. The monoisotopic (exact) mass is 240 g/mol. The number of carbonyl (C=O) groups is 1. The van der Waals surface area contributed by atoms with Crippen LogP contribution >= 0.6 is 0 Å².